The lowest BCUT2D eigenvalue weighted by Gasteiger charge is -2.28. The van der Waals surface area contributed by atoms with E-state index in [1.54, 1.807) is 0 Å². The maximum absolute atomic E-state index is 9.35. The van der Waals surface area contributed by atoms with E-state index >= 15 is 0 Å². The Bertz CT molecular complexity index is 663. The molecule has 1 fully saturated rings. The van der Waals surface area contributed by atoms with Crippen LogP contribution < -0.4 is 0 Å². The van der Waals surface area contributed by atoms with Crippen molar-refractivity contribution in [2.45, 2.75) is 71.3 Å². The van der Waals surface area contributed by atoms with Crippen LogP contribution >= 0.6 is 0 Å². The molecule has 0 heterocycles. The summed E-state index contributed by atoms with van der Waals surface area (Å²) in [4.78, 5) is 0. The largest absolute Gasteiger partial charge is 0.392 e. The van der Waals surface area contributed by atoms with Crippen molar-refractivity contribution >= 4 is 0 Å². The third-order valence-electron chi connectivity index (χ3n) is 5.97. The summed E-state index contributed by atoms with van der Waals surface area (Å²) < 4.78 is 0. The molecule has 0 aliphatic heterocycles. The van der Waals surface area contributed by atoms with Gasteiger partial charge in [-0.05, 0) is 71.8 Å². The third kappa shape index (κ3) is 4.33. The lowest BCUT2D eigenvalue weighted by atomic mass is 9.77. The van der Waals surface area contributed by atoms with Gasteiger partial charge in [0.1, 0.15) is 0 Å². The van der Waals surface area contributed by atoms with Crippen LogP contribution in [0, 0.1) is 5.92 Å². The Morgan fingerprint density at radius 3 is 2.24 bits per heavy atom. The average Bonchev–Trinajstić information content (AvgIpc) is 2.68. The highest BCUT2D eigenvalue weighted by Gasteiger charge is 2.21. The van der Waals surface area contributed by atoms with Crippen molar-refractivity contribution in [1.29, 1.82) is 0 Å². The quantitative estimate of drug-likeness (QED) is 0.640. The van der Waals surface area contributed by atoms with E-state index in [1.807, 2.05) is 6.07 Å². The summed E-state index contributed by atoms with van der Waals surface area (Å²) >= 11 is 0. The molecule has 134 valence electrons. The monoisotopic (exact) mass is 336 g/mol. The van der Waals surface area contributed by atoms with Gasteiger partial charge in [-0.25, -0.2) is 0 Å². The Kier molecular flexibility index (Phi) is 6.31. The van der Waals surface area contributed by atoms with E-state index in [0.29, 0.717) is 0 Å². The van der Waals surface area contributed by atoms with Gasteiger partial charge in [-0.15, -0.1) is 0 Å². The van der Waals surface area contributed by atoms with Gasteiger partial charge in [0.15, 0.2) is 0 Å². The fourth-order valence-electron chi connectivity index (χ4n) is 4.45. The molecule has 1 aliphatic rings. The maximum atomic E-state index is 9.35. The summed E-state index contributed by atoms with van der Waals surface area (Å²) in [6, 6.07) is 15.6. The zero-order valence-electron chi connectivity index (χ0n) is 15.8. The van der Waals surface area contributed by atoms with Gasteiger partial charge in [0.25, 0.3) is 0 Å². The molecule has 1 heteroatoms. The minimum absolute atomic E-state index is 0.118. The molecule has 1 nitrogen and oxygen atoms in total. The minimum atomic E-state index is 0.118. The number of aliphatic hydroxyl groups is 1. The first-order valence-corrected chi connectivity index (χ1v) is 10.1. The SMILES string of the molecule is CCCC1CCC(c2ccc(-c3ccc(CO)cc3CC)cc2)CC1. The van der Waals surface area contributed by atoms with E-state index in [0.717, 1.165) is 23.8 Å². The van der Waals surface area contributed by atoms with E-state index in [2.05, 4.69) is 50.2 Å². The zero-order chi connectivity index (χ0) is 17.6. The summed E-state index contributed by atoms with van der Waals surface area (Å²) in [5.74, 6) is 1.72. The summed E-state index contributed by atoms with van der Waals surface area (Å²) in [7, 11) is 0. The predicted molar refractivity (Wildman–Crippen MR) is 107 cm³/mol. The Labute approximate surface area is 153 Å². The molecule has 0 amide bonds. The molecule has 1 saturated carbocycles. The minimum Gasteiger partial charge on any atom is -0.392 e. The van der Waals surface area contributed by atoms with Crippen molar-refractivity contribution in [3.8, 4) is 11.1 Å². The van der Waals surface area contributed by atoms with Crippen molar-refractivity contribution in [2.24, 2.45) is 5.92 Å². The Morgan fingerprint density at radius 2 is 1.64 bits per heavy atom. The van der Waals surface area contributed by atoms with Crippen LogP contribution in [0.25, 0.3) is 11.1 Å². The number of hydrogen-bond acceptors (Lipinski definition) is 1. The van der Waals surface area contributed by atoms with Crippen molar-refractivity contribution in [1.82, 2.24) is 0 Å². The molecule has 2 aromatic carbocycles. The second kappa shape index (κ2) is 8.67. The van der Waals surface area contributed by atoms with Crippen LogP contribution in [0.3, 0.4) is 0 Å². The van der Waals surface area contributed by atoms with E-state index in [1.165, 1.54) is 60.8 Å². The van der Waals surface area contributed by atoms with Crippen LogP contribution in [0.4, 0.5) is 0 Å². The van der Waals surface area contributed by atoms with E-state index in [-0.39, 0.29) is 6.61 Å². The first-order chi connectivity index (χ1) is 12.2. The summed E-state index contributed by atoms with van der Waals surface area (Å²) in [5.41, 5.74) is 6.44. The molecule has 1 N–H and O–H groups in total. The van der Waals surface area contributed by atoms with Gasteiger partial charge >= 0.3 is 0 Å². The fourth-order valence-corrected chi connectivity index (χ4v) is 4.45. The normalized spacial score (nSPS) is 20.6. The van der Waals surface area contributed by atoms with Crippen molar-refractivity contribution in [3.63, 3.8) is 0 Å². The molecule has 1 aliphatic carbocycles. The lowest BCUT2D eigenvalue weighted by molar-refractivity contribution is 0.282. The van der Waals surface area contributed by atoms with E-state index < -0.39 is 0 Å². The van der Waals surface area contributed by atoms with Gasteiger partial charge in [0, 0.05) is 0 Å². The van der Waals surface area contributed by atoms with Crippen LogP contribution in [-0.4, -0.2) is 5.11 Å². The number of aliphatic hydroxyl groups excluding tert-OH is 1. The molecule has 0 spiro atoms. The highest BCUT2D eigenvalue weighted by atomic mass is 16.3. The lowest BCUT2D eigenvalue weighted by Crippen LogP contribution is -2.13. The topological polar surface area (TPSA) is 20.2 Å². The standard InChI is InChI=1S/C24H32O/c1-3-5-18-6-9-21(10-7-18)22-11-13-23(14-12-22)24-15-8-19(17-25)16-20(24)4-2/h8,11-16,18,21,25H,3-7,9-10,17H2,1-2H3. The molecular weight excluding hydrogens is 304 g/mol. The molecule has 2 aromatic rings. The van der Waals surface area contributed by atoms with Gasteiger partial charge in [0.05, 0.1) is 6.61 Å². The Hall–Kier alpha value is -1.60. The fraction of sp³-hybridized carbons (Fsp3) is 0.500. The van der Waals surface area contributed by atoms with Gasteiger partial charge in [-0.3, -0.25) is 0 Å². The second-order valence-electron chi connectivity index (χ2n) is 7.63. The van der Waals surface area contributed by atoms with Gasteiger partial charge in [-0.1, -0.05) is 69.2 Å². The second-order valence-corrected chi connectivity index (χ2v) is 7.63. The third-order valence-corrected chi connectivity index (χ3v) is 5.97. The van der Waals surface area contributed by atoms with Crippen molar-refractivity contribution in [3.05, 3.63) is 59.2 Å². The zero-order valence-corrected chi connectivity index (χ0v) is 15.8. The first kappa shape index (κ1) is 18.2. The molecule has 3 rings (SSSR count). The summed E-state index contributed by atoms with van der Waals surface area (Å²) in [5, 5.41) is 9.35. The van der Waals surface area contributed by atoms with Gasteiger partial charge < -0.3 is 5.11 Å². The molecule has 0 saturated heterocycles. The molecule has 25 heavy (non-hydrogen) atoms. The molecule has 0 radical (unpaired) electrons. The van der Waals surface area contributed by atoms with Crippen LogP contribution in [0.2, 0.25) is 0 Å². The molecule has 0 unspecified atom stereocenters. The maximum Gasteiger partial charge on any atom is 0.0681 e. The predicted octanol–water partition coefficient (Wildman–Crippen LogP) is 6.48. The number of rotatable bonds is 6. The van der Waals surface area contributed by atoms with Gasteiger partial charge in [-0.2, -0.15) is 0 Å². The van der Waals surface area contributed by atoms with Crippen molar-refractivity contribution in [2.75, 3.05) is 0 Å². The summed E-state index contributed by atoms with van der Waals surface area (Å²) in [6.45, 7) is 4.61. The van der Waals surface area contributed by atoms with E-state index in [9.17, 15) is 5.11 Å². The smallest absolute Gasteiger partial charge is 0.0681 e. The van der Waals surface area contributed by atoms with Crippen LogP contribution in [-0.2, 0) is 13.0 Å². The Morgan fingerprint density at radius 1 is 0.920 bits per heavy atom. The number of benzene rings is 2. The highest BCUT2D eigenvalue weighted by molar-refractivity contribution is 5.68. The highest BCUT2D eigenvalue weighted by Crippen LogP contribution is 2.38. The summed E-state index contributed by atoms with van der Waals surface area (Å²) in [6.07, 6.45) is 9.26. The molecule has 0 atom stereocenters. The molecule has 0 aromatic heterocycles. The van der Waals surface area contributed by atoms with Crippen LogP contribution in [0.15, 0.2) is 42.5 Å². The first-order valence-electron chi connectivity index (χ1n) is 10.1. The van der Waals surface area contributed by atoms with Crippen LogP contribution in [0.1, 0.15) is 75.0 Å². The number of hydrogen-bond donors (Lipinski definition) is 1. The van der Waals surface area contributed by atoms with Crippen molar-refractivity contribution < 1.29 is 5.11 Å². The van der Waals surface area contributed by atoms with Crippen LogP contribution in [0.5, 0.6) is 0 Å². The van der Waals surface area contributed by atoms with Gasteiger partial charge in [0.2, 0.25) is 0 Å². The number of aryl methyl sites for hydroxylation is 1. The molecular formula is C24H32O. The Balaban J connectivity index is 1.73. The molecule has 0 bridgehead atoms. The average molecular weight is 337 g/mol. The van der Waals surface area contributed by atoms with E-state index in [4.69, 9.17) is 0 Å².